The van der Waals surface area contributed by atoms with Crippen LogP contribution in [0.15, 0.2) is 0 Å². The van der Waals surface area contributed by atoms with Gasteiger partial charge in [0.1, 0.15) is 12.1 Å². The molecule has 0 aliphatic heterocycles. The summed E-state index contributed by atoms with van der Waals surface area (Å²) >= 11 is 0. The second-order valence-corrected chi connectivity index (χ2v) is 3.23. The Morgan fingerprint density at radius 3 is 2.53 bits per heavy atom. The molecule has 0 aliphatic rings. The van der Waals surface area contributed by atoms with Crippen molar-refractivity contribution in [2.24, 2.45) is 0 Å². The number of rotatable bonds is 8. The third-order valence-corrected chi connectivity index (χ3v) is 1.98. The van der Waals surface area contributed by atoms with Crippen LogP contribution in [0.1, 0.15) is 26.7 Å². The molecule has 0 aromatic rings. The molecule has 5 heteroatoms. The summed E-state index contributed by atoms with van der Waals surface area (Å²) in [5.41, 5.74) is 0. The summed E-state index contributed by atoms with van der Waals surface area (Å²) in [5.74, 6) is -0.175. The minimum atomic E-state index is -0.267. The summed E-state index contributed by atoms with van der Waals surface area (Å²) in [5, 5.41) is 5.42. The average Bonchev–Trinajstić information content (AvgIpc) is 2.20. The van der Waals surface area contributed by atoms with Gasteiger partial charge in [-0.25, -0.2) is 0 Å². The van der Waals surface area contributed by atoms with E-state index in [1.165, 1.54) is 6.92 Å². The van der Waals surface area contributed by atoms with Crippen LogP contribution >= 0.6 is 0 Å². The first-order valence-corrected chi connectivity index (χ1v) is 5.06. The first kappa shape index (κ1) is 13.8. The molecule has 0 radical (unpaired) electrons. The minimum Gasteiger partial charge on any atom is -0.349 e. The number of hydrogen-bond donors (Lipinski definition) is 2. The molecule has 0 rings (SSSR count). The fourth-order valence-electron chi connectivity index (χ4n) is 1.21. The summed E-state index contributed by atoms with van der Waals surface area (Å²) in [7, 11) is 0. The lowest BCUT2D eigenvalue weighted by Crippen LogP contribution is -2.36. The lowest BCUT2D eigenvalue weighted by Gasteiger charge is -2.13. The molecule has 86 valence electrons. The summed E-state index contributed by atoms with van der Waals surface area (Å²) in [6.07, 6.45) is 1.35. The number of amides is 1. The number of Topliss-reactive ketones (excluding diaryl/α,β-unsaturated/α-hetero) is 1. The van der Waals surface area contributed by atoms with Crippen molar-refractivity contribution in [3.63, 3.8) is 0 Å². The Labute approximate surface area is 89.6 Å². The van der Waals surface area contributed by atoms with Crippen molar-refractivity contribution in [1.29, 1.82) is 0 Å². The number of hydrogen-bond acceptors (Lipinski definition) is 4. The second kappa shape index (κ2) is 8.11. The van der Waals surface area contributed by atoms with E-state index < -0.39 is 0 Å². The molecule has 0 saturated heterocycles. The first-order chi connectivity index (χ1) is 7.11. The van der Waals surface area contributed by atoms with Crippen LogP contribution in [0.4, 0.5) is 0 Å². The molecular weight excluding hydrogens is 196 g/mol. The molecular formula is C10H18N2O3. The van der Waals surface area contributed by atoms with Crippen LogP contribution in [-0.4, -0.2) is 37.1 Å². The third-order valence-electron chi connectivity index (χ3n) is 1.98. The van der Waals surface area contributed by atoms with Gasteiger partial charge in [0.2, 0.25) is 5.91 Å². The van der Waals surface area contributed by atoms with E-state index >= 15 is 0 Å². The maximum Gasteiger partial charge on any atom is 0.220 e. The zero-order chi connectivity index (χ0) is 11.7. The van der Waals surface area contributed by atoms with Gasteiger partial charge in [-0.2, -0.15) is 0 Å². The molecule has 1 atom stereocenters. The highest BCUT2D eigenvalue weighted by Gasteiger charge is 2.13. The molecule has 0 aromatic carbocycles. The number of likely N-dealkylation sites (N-methyl/N-ethyl adjacent to an activating group) is 1. The maximum atomic E-state index is 11.1. The van der Waals surface area contributed by atoms with Crippen LogP contribution < -0.4 is 10.6 Å². The minimum absolute atomic E-state index is 0.0278. The highest BCUT2D eigenvalue weighted by atomic mass is 16.2. The van der Waals surface area contributed by atoms with Crippen molar-refractivity contribution in [1.82, 2.24) is 10.6 Å². The van der Waals surface area contributed by atoms with E-state index in [9.17, 15) is 14.4 Å². The average molecular weight is 214 g/mol. The molecule has 0 fully saturated rings. The Hall–Kier alpha value is -1.23. The zero-order valence-electron chi connectivity index (χ0n) is 9.21. The predicted octanol–water partition coefficient (Wildman–Crippen LogP) is -0.351. The molecule has 0 heterocycles. The van der Waals surface area contributed by atoms with Crippen molar-refractivity contribution < 1.29 is 14.4 Å². The Morgan fingerprint density at radius 2 is 2.07 bits per heavy atom. The van der Waals surface area contributed by atoms with Gasteiger partial charge in [-0.05, 0) is 19.9 Å². The molecule has 0 bridgehead atoms. The number of carbonyl (C=O) groups excluding carboxylic acids is 3. The fraction of sp³-hybridized carbons (Fsp3) is 0.700. The smallest absolute Gasteiger partial charge is 0.220 e. The summed E-state index contributed by atoms with van der Waals surface area (Å²) in [4.78, 5) is 32.2. The van der Waals surface area contributed by atoms with Gasteiger partial charge in [-0.15, -0.1) is 0 Å². The molecule has 0 saturated carbocycles. The van der Waals surface area contributed by atoms with Gasteiger partial charge < -0.3 is 15.4 Å². The normalized spacial score (nSPS) is 11.9. The van der Waals surface area contributed by atoms with E-state index in [1.54, 1.807) is 0 Å². The van der Waals surface area contributed by atoms with E-state index in [-0.39, 0.29) is 30.7 Å². The standard InChI is InChI=1S/C10H18N2O3/c1-3-11-9(8(2)14)4-5-10(15)12-6-7-13/h7,9,11H,3-6H2,1-2H3,(H,12,15). The van der Waals surface area contributed by atoms with Gasteiger partial charge in [0, 0.05) is 6.42 Å². The topological polar surface area (TPSA) is 75.3 Å². The highest BCUT2D eigenvalue weighted by Crippen LogP contribution is 1.98. The number of aldehydes is 1. The Balaban J connectivity index is 3.82. The molecule has 1 amide bonds. The molecule has 15 heavy (non-hydrogen) atoms. The SMILES string of the molecule is CCNC(CCC(=O)NCC=O)C(C)=O. The third kappa shape index (κ3) is 6.79. The highest BCUT2D eigenvalue weighted by molar-refractivity contribution is 5.83. The van der Waals surface area contributed by atoms with Gasteiger partial charge in [0.15, 0.2) is 0 Å². The van der Waals surface area contributed by atoms with Gasteiger partial charge in [-0.3, -0.25) is 9.59 Å². The lowest BCUT2D eigenvalue weighted by molar-refractivity contribution is -0.123. The van der Waals surface area contributed by atoms with Crippen molar-refractivity contribution in [3.8, 4) is 0 Å². The zero-order valence-corrected chi connectivity index (χ0v) is 9.21. The Kier molecular flexibility index (Phi) is 7.44. The largest absolute Gasteiger partial charge is 0.349 e. The van der Waals surface area contributed by atoms with E-state index in [4.69, 9.17) is 0 Å². The van der Waals surface area contributed by atoms with Crippen LogP contribution in [0.25, 0.3) is 0 Å². The van der Waals surface area contributed by atoms with Crippen molar-refractivity contribution >= 4 is 18.0 Å². The van der Waals surface area contributed by atoms with Crippen LogP contribution in [-0.2, 0) is 14.4 Å². The molecule has 1 unspecified atom stereocenters. The molecule has 5 nitrogen and oxygen atoms in total. The van der Waals surface area contributed by atoms with Crippen LogP contribution in [0, 0.1) is 0 Å². The predicted molar refractivity (Wildman–Crippen MR) is 56.5 cm³/mol. The first-order valence-electron chi connectivity index (χ1n) is 5.06. The Bertz CT molecular complexity index is 229. The number of nitrogens with one attached hydrogen (secondary N) is 2. The van der Waals surface area contributed by atoms with Gasteiger partial charge in [-0.1, -0.05) is 6.92 Å². The monoisotopic (exact) mass is 214 g/mol. The molecule has 2 N–H and O–H groups in total. The van der Waals surface area contributed by atoms with Crippen molar-refractivity contribution in [2.75, 3.05) is 13.1 Å². The van der Waals surface area contributed by atoms with Crippen molar-refractivity contribution in [3.05, 3.63) is 0 Å². The quantitative estimate of drug-likeness (QED) is 0.541. The Morgan fingerprint density at radius 1 is 1.40 bits per heavy atom. The van der Waals surface area contributed by atoms with E-state index in [0.717, 1.165) is 0 Å². The van der Waals surface area contributed by atoms with Crippen LogP contribution in [0.2, 0.25) is 0 Å². The fourth-order valence-corrected chi connectivity index (χ4v) is 1.21. The summed E-state index contributed by atoms with van der Waals surface area (Å²) < 4.78 is 0. The molecule has 0 aromatic heterocycles. The summed E-state index contributed by atoms with van der Waals surface area (Å²) in [6, 6.07) is -0.267. The van der Waals surface area contributed by atoms with Crippen LogP contribution in [0.5, 0.6) is 0 Å². The molecule has 0 aliphatic carbocycles. The number of carbonyl (C=O) groups is 3. The number of ketones is 1. The molecule has 0 spiro atoms. The van der Waals surface area contributed by atoms with Crippen LogP contribution in [0.3, 0.4) is 0 Å². The van der Waals surface area contributed by atoms with E-state index in [1.807, 2.05) is 6.92 Å². The summed E-state index contributed by atoms with van der Waals surface area (Å²) in [6.45, 7) is 4.13. The van der Waals surface area contributed by atoms with Gasteiger partial charge in [0.25, 0.3) is 0 Å². The van der Waals surface area contributed by atoms with E-state index in [2.05, 4.69) is 10.6 Å². The maximum absolute atomic E-state index is 11.1. The van der Waals surface area contributed by atoms with Gasteiger partial charge in [0.05, 0.1) is 12.6 Å². The van der Waals surface area contributed by atoms with E-state index in [0.29, 0.717) is 19.3 Å². The van der Waals surface area contributed by atoms with Gasteiger partial charge >= 0.3 is 0 Å². The van der Waals surface area contributed by atoms with Crippen molar-refractivity contribution in [2.45, 2.75) is 32.7 Å². The lowest BCUT2D eigenvalue weighted by atomic mass is 10.1. The second-order valence-electron chi connectivity index (χ2n) is 3.23.